The molecule has 0 saturated heterocycles. The molecule has 0 spiro atoms. The molecule has 116 valence electrons. The molecule has 3 rings (SSSR count). The van der Waals surface area contributed by atoms with Crippen molar-refractivity contribution in [2.45, 2.75) is 0 Å². The van der Waals surface area contributed by atoms with Crippen molar-refractivity contribution in [1.29, 1.82) is 0 Å². The van der Waals surface area contributed by atoms with Crippen LogP contribution < -0.4 is 4.48 Å². The molecule has 0 unspecified atom stereocenters. The van der Waals surface area contributed by atoms with E-state index in [1.54, 1.807) is 6.07 Å². The number of rotatable bonds is 3. The van der Waals surface area contributed by atoms with Crippen molar-refractivity contribution in [3.05, 3.63) is 60.7 Å². The lowest BCUT2D eigenvalue weighted by Crippen LogP contribution is -2.34. The fourth-order valence-electron chi connectivity index (χ4n) is 2.43. The first kappa shape index (κ1) is 15.2. The summed E-state index contributed by atoms with van der Waals surface area (Å²) in [6, 6.07) is 19.3. The number of benzene rings is 3. The van der Waals surface area contributed by atoms with Crippen molar-refractivity contribution in [3.63, 3.8) is 0 Å². The summed E-state index contributed by atoms with van der Waals surface area (Å²) in [5.74, 6) is 0.134. The number of phenolic OH excluding ortho intramolecular Hbond substituents is 1. The van der Waals surface area contributed by atoms with Crippen LogP contribution >= 0.6 is 0 Å². The summed E-state index contributed by atoms with van der Waals surface area (Å²) in [6.07, 6.45) is 0. The summed E-state index contributed by atoms with van der Waals surface area (Å²) in [5, 5.41) is 20.6. The van der Waals surface area contributed by atoms with Gasteiger partial charge in [0, 0.05) is 11.5 Å². The van der Waals surface area contributed by atoms with Crippen molar-refractivity contribution in [1.82, 2.24) is 4.48 Å². The lowest BCUT2D eigenvalue weighted by atomic mass is 10.1. The average molecular weight is 306 g/mol. The summed E-state index contributed by atoms with van der Waals surface area (Å²) < 4.78 is 0.711. The number of quaternary nitrogens is 1. The van der Waals surface area contributed by atoms with E-state index in [0.717, 1.165) is 22.1 Å². The summed E-state index contributed by atoms with van der Waals surface area (Å²) in [7, 11) is 6.31. The van der Waals surface area contributed by atoms with Gasteiger partial charge in [-0.3, -0.25) is 4.48 Å². The Balaban J connectivity index is 2.03. The Kier molecular flexibility index (Phi) is 3.84. The van der Waals surface area contributed by atoms with E-state index in [0.29, 0.717) is 10.2 Å². The predicted octanol–water partition coefficient (Wildman–Crippen LogP) is 5.16. The van der Waals surface area contributed by atoms with E-state index in [2.05, 4.69) is 37.4 Å². The van der Waals surface area contributed by atoms with E-state index in [-0.39, 0.29) is 5.75 Å². The van der Waals surface area contributed by atoms with Crippen molar-refractivity contribution in [2.75, 3.05) is 21.1 Å². The zero-order valence-corrected chi connectivity index (χ0v) is 13.6. The van der Waals surface area contributed by atoms with E-state index in [4.69, 9.17) is 0 Å². The van der Waals surface area contributed by atoms with Gasteiger partial charge >= 0.3 is 0 Å². The molecule has 3 aromatic rings. The Morgan fingerprint density at radius 3 is 2.39 bits per heavy atom. The van der Waals surface area contributed by atoms with Crippen LogP contribution in [0, 0.1) is 0 Å². The van der Waals surface area contributed by atoms with Crippen LogP contribution in [-0.2, 0) is 0 Å². The van der Waals surface area contributed by atoms with Crippen LogP contribution in [-0.4, -0.2) is 26.2 Å². The third kappa shape index (κ3) is 3.22. The van der Waals surface area contributed by atoms with Crippen LogP contribution in [0.4, 0.5) is 17.1 Å². The Bertz CT molecular complexity index is 879. The molecular formula is C19H20N3O+. The second-order valence-corrected chi connectivity index (χ2v) is 6.39. The van der Waals surface area contributed by atoms with Gasteiger partial charge in [0.2, 0.25) is 0 Å². The summed E-state index contributed by atoms with van der Waals surface area (Å²) in [6.45, 7) is 0. The van der Waals surface area contributed by atoms with Crippen LogP contribution in [0.15, 0.2) is 70.9 Å². The van der Waals surface area contributed by atoms with E-state index in [1.807, 2.05) is 48.5 Å². The molecule has 0 saturated carbocycles. The summed E-state index contributed by atoms with van der Waals surface area (Å²) >= 11 is 0. The molecule has 0 aliphatic heterocycles. The summed E-state index contributed by atoms with van der Waals surface area (Å²) in [4.78, 5) is 0. The molecule has 1 N–H and O–H groups in total. The molecule has 4 nitrogen and oxygen atoms in total. The third-order valence-electron chi connectivity index (χ3n) is 3.75. The van der Waals surface area contributed by atoms with Gasteiger partial charge in [-0.15, -0.1) is 5.11 Å². The van der Waals surface area contributed by atoms with Crippen LogP contribution in [0.25, 0.3) is 10.8 Å². The monoisotopic (exact) mass is 306 g/mol. The molecule has 0 fully saturated rings. The van der Waals surface area contributed by atoms with Crippen LogP contribution in [0.3, 0.4) is 0 Å². The molecule has 3 aromatic carbocycles. The van der Waals surface area contributed by atoms with E-state index in [1.165, 1.54) is 0 Å². The molecular weight excluding hydrogens is 286 g/mol. The molecule has 0 bridgehead atoms. The fourth-order valence-corrected chi connectivity index (χ4v) is 2.43. The zero-order valence-electron chi connectivity index (χ0n) is 13.6. The number of aromatic hydroxyl groups is 1. The maximum Gasteiger partial charge on any atom is 0.143 e. The van der Waals surface area contributed by atoms with Gasteiger partial charge in [-0.25, -0.2) is 0 Å². The first-order valence-corrected chi connectivity index (χ1v) is 7.50. The van der Waals surface area contributed by atoms with Gasteiger partial charge < -0.3 is 5.11 Å². The Labute approximate surface area is 135 Å². The number of nitrogens with zero attached hydrogens (tertiary/aromatic N) is 3. The second-order valence-electron chi connectivity index (χ2n) is 6.39. The van der Waals surface area contributed by atoms with Gasteiger partial charge in [0.15, 0.2) is 0 Å². The molecule has 0 atom stereocenters. The fraction of sp³-hybridized carbons (Fsp3) is 0.158. The zero-order chi connectivity index (χ0) is 16.4. The van der Waals surface area contributed by atoms with Gasteiger partial charge in [0.25, 0.3) is 0 Å². The van der Waals surface area contributed by atoms with E-state index in [9.17, 15) is 5.11 Å². The lowest BCUT2D eigenvalue weighted by molar-refractivity contribution is 0.477. The second kappa shape index (κ2) is 5.82. The van der Waals surface area contributed by atoms with Crippen LogP contribution in [0.1, 0.15) is 0 Å². The Morgan fingerprint density at radius 2 is 1.61 bits per heavy atom. The maximum atomic E-state index is 10.1. The maximum absolute atomic E-state index is 10.1. The highest BCUT2D eigenvalue weighted by molar-refractivity contribution is 5.95. The smallest absolute Gasteiger partial charge is 0.143 e. The van der Waals surface area contributed by atoms with Crippen LogP contribution in [0.2, 0.25) is 0 Å². The molecule has 23 heavy (non-hydrogen) atoms. The number of phenols is 1. The summed E-state index contributed by atoms with van der Waals surface area (Å²) in [5.41, 5.74) is 2.41. The first-order chi connectivity index (χ1) is 10.9. The topological polar surface area (TPSA) is 45.0 Å². The minimum Gasteiger partial charge on any atom is -0.506 e. The molecule has 0 radical (unpaired) electrons. The normalized spacial score (nSPS) is 12.1. The first-order valence-electron chi connectivity index (χ1n) is 7.50. The van der Waals surface area contributed by atoms with Gasteiger partial charge in [-0.05, 0) is 23.6 Å². The largest absolute Gasteiger partial charge is 0.506 e. The highest BCUT2D eigenvalue weighted by Crippen LogP contribution is 2.36. The van der Waals surface area contributed by atoms with Gasteiger partial charge in [-0.1, -0.05) is 36.4 Å². The van der Waals surface area contributed by atoms with Crippen molar-refractivity contribution in [2.24, 2.45) is 10.2 Å². The molecule has 0 amide bonds. The number of hydrogen-bond acceptors (Lipinski definition) is 3. The van der Waals surface area contributed by atoms with Gasteiger partial charge in [-0.2, -0.15) is 5.11 Å². The Morgan fingerprint density at radius 1 is 0.826 bits per heavy atom. The van der Waals surface area contributed by atoms with Crippen molar-refractivity contribution < 1.29 is 5.11 Å². The average Bonchev–Trinajstić information content (AvgIpc) is 2.53. The quantitative estimate of drug-likeness (QED) is 0.527. The predicted molar refractivity (Wildman–Crippen MR) is 95.8 cm³/mol. The van der Waals surface area contributed by atoms with Crippen molar-refractivity contribution >= 4 is 27.8 Å². The highest BCUT2D eigenvalue weighted by Gasteiger charge is 2.12. The molecule has 0 heterocycles. The number of azo groups is 1. The third-order valence-corrected chi connectivity index (χ3v) is 3.75. The van der Waals surface area contributed by atoms with E-state index < -0.39 is 0 Å². The highest BCUT2D eigenvalue weighted by atomic mass is 16.3. The number of fused-ring (bicyclic) bond motifs is 1. The van der Waals surface area contributed by atoms with Gasteiger partial charge in [0.05, 0.1) is 26.8 Å². The SMILES string of the molecule is C[N+](C)(C)c1cccc(N=Nc2c(O)ccc3ccccc23)c1. The minimum atomic E-state index is 0.134. The Hall–Kier alpha value is -2.72. The molecule has 0 aliphatic carbocycles. The van der Waals surface area contributed by atoms with E-state index >= 15 is 0 Å². The molecule has 0 aromatic heterocycles. The van der Waals surface area contributed by atoms with Crippen LogP contribution in [0.5, 0.6) is 5.75 Å². The molecule has 0 aliphatic rings. The minimum absolute atomic E-state index is 0.134. The van der Waals surface area contributed by atoms with Gasteiger partial charge in [0.1, 0.15) is 17.1 Å². The lowest BCUT2D eigenvalue weighted by Gasteiger charge is -2.23. The number of hydrogen-bond donors (Lipinski definition) is 1. The standard InChI is InChI=1S/C19H19N3O/c1-22(2,3)16-9-6-8-15(13-16)20-21-19-17-10-5-4-7-14(17)11-12-18(19)23/h4-13H,1-3H3/p+1. The molecule has 4 heteroatoms. The van der Waals surface area contributed by atoms with Crippen molar-refractivity contribution in [3.8, 4) is 5.75 Å².